The van der Waals surface area contributed by atoms with Gasteiger partial charge in [0.1, 0.15) is 11.5 Å². The minimum absolute atomic E-state index is 0.407. The molecule has 1 heterocycles. The van der Waals surface area contributed by atoms with Gasteiger partial charge in [-0.1, -0.05) is 34.5 Å². The summed E-state index contributed by atoms with van der Waals surface area (Å²) in [4.78, 5) is 0. The molecule has 0 amide bonds. The molecule has 4 heteroatoms. The van der Waals surface area contributed by atoms with Gasteiger partial charge in [-0.15, -0.1) is 0 Å². The van der Waals surface area contributed by atoms with E-state index in [4.69, 9.17) is 16.0 Å². The SMILES string of the molecule is CCNC(C)Cc1ccc(-c2cc(Cl)c(C)cc2Br)o1. The molecule has 1 atom stereocenters. The Bertz CT molecular complexity index is 594. The summed E-state index contributed by atoms with van der Waals surface area (Å²) in [6.45, 7) is 7.22. The number of nitrogens with one attached hydrogen (secondary N) is 1. The maximum atomic E-state index is 6.20. The second kappa shape index (κ2) is 6.79. The van der Waals surface area contributed by atoms with Gasteiger partial charge in [-0.3, -0.25) is 0 Å². The van der Waals surface area contributed by atoms with Gasteiger partial charge in [0.05, 0.1) is 0 Å². The minimum Gasteiger partial charge on any atom is -0.461 e. The van der Waals surface area contributed by atoms with Gasteiger partial charge in [-0.2, -0.15) is 0 Å². The Morgan fingerprint density at radius 3 is 2.80 bits per heavy atom. The second-order valence-corrected chi connectivity index (χ2v) is 6.27. The molecule has 0 radical (unpaired) electrons. The molecule has 2 rings (SSSR count). The zero-order valence-corrected chi connectivity index (χ0v) is 14.3. The van der Waals surface area contributed by atoms with E-state index in [2.05, 4.69) is 35.1 Å². The van der Waals surface area contributed by atoms with Gasteiger partial charge in [0.2, 0.25) is 0 Å². The first-order valence-electron chi connectivity index (χ1n) is 6.79. The minimum atomic E-state index is 0.407. The van der Waals surface area contributed by atoms with Crippen molar-refractivity contribution >= 4 is 27.5 Å². The van der Waals surface area contributed by atoms with Crippen LogP contribution in [0.1, 0.15) is 25.2 Å². The number of halogens is 2. The Balaban J connectivity index is 2.22. The Morgan fingerprint density at radius 2 is 2.10 bits per heavy atom. The predicted molar refractivity (Wildman–Crippen MR) is 88.4 cm³/mol. The summed E-state index contributed by atoms with van der Waals surface area (Å²) in [6.07, 6.45) is 0.880. The fourth-order valence-corrected chi connectivity index (χ4v) is 3.01. The molecule has 1 N–H and O–H groups in total. The molecule has 2 aromatic rings. The van der Waals surface area contributed by atoms with Crippen LogP contribution in [0, 0.1) is 6.92 Å². The summed E-state index contributed by atoms with van der Waals surface area (Å²) in [7, 11) is 0. The summed E-state index contributed by atoms with van der Waals surface area (Å²) in [6, 6.07) is 8.39. The fourth-order valence-electron chi connectivity index (χ4n) is 2.19. The van der Waals surface area contributed by atoms with Gasteiger partial charge in [-0.25, -0.2) is 0 Å². The third-order valence-electron chi connectivity index (χ3n) is 3.24. The van der Waals surface area contributed by atoms with E-state index in [1.807, 2.05) is 31.2 Å². The lowest BCUT2D eigenvalue weighted by Crippen LogP contribution is -2.27. The maximum absolute atomic E-state index is 6.20. The van der Waals surface area contributed by atoms with Crippen molar-refractivity contribution in [1.82, 2.24) is 5.32 Å². The lowest BCUT2D eigenvalue weighted by atomic mass is 10.1. The van der Waals surface area contributed by atoms with Gasteiger partial charge >= 0.3 is 0 Å². The van der Waals surface area contributed by atoms with Crippen molar-refractivity contribution in [3.05, 3.63) is 45.1 Å². The molecule has 0 bridgehead atoms. The van der Waals surface area contributed by atoms with Gasteiger partial charge in [0.25, 0.3) is 0 Å². The van der Waals surface area contributed by atoms with E-state index in [9.17, 15) is 0 Å². The quantitative estimate of drug-likeness (QED) is 0.795. The van der Waals surface area contributed by atoms with Crippen LogP contribution < -0.4 is 5.32 Å². The normalized spacial score (nSPS) is 12.7. The first-order valence-corrected chi connectivity index (χ1v) is 7.96. The van der Waals surface area contributed by atoms with Crippen LogP contribution in [0.25, 0.3) is 11.3 Å². The van der Waals surface area contributed by atoms with Gasteiger partial charge in [-0.05, 0) is 50.2 Å². The third kappa shape index (κ3) is 3.66. The number of aryl methyl sites for hydroxylation is 1. The van der Waals surface area contributed by atoms with Gasteiger partial charge in [0, 0.05) is 27.5 Å². The Kier molecular flexibility index (Phi) is 5.30. The second-order valence-electron chi connectivity index (χ2n) is 5.01. The van der Waals surface area contributed by atoms with Crippen LogP contribution in [-0.2, 0) is 6.42 Å². The third-order valence-corrected chi connectivity index (χ3v) is 4.30. The molecule has 0 aliphatic heterocycles. The number of furan rings is 1. The summed E-state index contributed by atoms with van der Waals surface area (Å²) in [5, 5.41) is 4.13. The molecule has 20 heavy (non-hydrogen) atoms. The van der Waals surface area contributed by atoms with Crippen molar-refractivity contribution in [3.63, 3.8) is 0 Å². The van der Waals surface area contributed by atoms with Crippen LogP contribution in [0.3, 0.4) is 0 Å². The highest BCUT2D eigenvalue weighted by atomic mass is 79.9. The molecule has 2 nitrogen and oxygen atoms in total. The Labute approximate surface area is 133 Å². The molecule has 1 aromatic heterocycles. The largest absolute Gasteiger partial charge is 0.461 e. The lowest BCUT2D eigenvalue weighted by molar-refractivity contribution is 0.470. The van der Waals surface area contributed by atoms with Crippen molar-refractivity contribution < 1.29 is 4.42 Å². The number of benzene rings is 1. The molecule has 0 saturated carbocycles. The molecule has 0 aliphatic carbocycles. The molecule has 0 spiro atoms. The summed E-state index contributed by atoms with van der Waals surface area (Å²) >= 11 is 9.77. The van der Waals surface area contributed by atoms with Crippen molar-refractivity contribution in [2.75, 3.05) is 6.54 Å². The van der Waals surface area contributed by atoms with E-state index in [0.29, 0.717) is 6.04 Å². The van der Waals surface area contributed by atoms with E-state index < -0.39 is 0 Å². The Hall–Kier alpha value is -0.770. The van der Waals surface area contributed by atoms with Crippen LogP contribution in [-0.4, -0.2) is 12.6 Å². The zero-order chi connectivity index (χ0) is 14.7. The molecule has 1 aromatic carbocycles. The van der Waals surface area contributed by atoms with Gasteiger partial charge in [0.15, 0.2) is 0 Å². The fraction of sp³-hybridized carbons (Fsp3) is 0.375. The van der Waals surface area contributed by atoms with Crippen LogP contribution in [0.4, 0.5) is 0 Å². The Morgan fingerprint density at radius 1 is 1.35 bits per heavy atom. The molecule has 0 saturated heterocycles. The molecule has 0 aliphatic rings. The number of rotatable bonds is 5. The van der Waals surface area contributed by atoms with Crippen LogP contribution in [0.2, 0.25) is 5.02 Å². The average molecular weight is 357 g/mol. The molecular formula is C16H19BrClNO. The van der Waals surface area contributed by atoms with Crippen molar-refractivity contribution in [2.45, 2.75) is 33.2 Å². The van der Waals surface area contributed by atoms with Crippen molar-refractivity contribution in [1.29, 1.82) is 0 Å². The smallest absolute Gasteiger partial charge is 0.135 e. The van der Waals surface area contributed by atoms with Crippen LogP contribution in [0.5, 0.6) is 0 Å². The average Bonchev–Trinajstić information content (AvgIpc) is 2.82. The monoisotopic (exact) mass is 355 g/mol. The standard InChI is InChI=1S/C16H19BrClNO/c1-4-19-11(3)8-12-5-6-16(20-12)13-9-15(18)10(2)7-14(13)17/h5-7,9,11,19H,4,8H2,1-3H3. The van der Waals surface area contributed by atoms with E-state index in [0.717, 1.165) is 45.1 Å². The van der Waals surface area contributed by atoms with E-state index in [1.165, 1.54) is 0 Å². The summed E-state index contributed by atoms with van der Waals surface area (Å²) in [5.74, 6) is 1.83. The summed E-state index contributed by atoms with van der Waals surface area (Å²) < 4.78 is 6.93. The van der Waals surface area contributed by atoms with Crippen molar-refractivity contribution in [2.24, 2.45) is 0 Å². The van der Waals surface area contributed by atoms with Crippen LogP contribution >= 0.6 is 27.5 Å². The van der Waals surface area contributed by atoms with Crippen molar-refractivity contribution in [3.8, 4) is 11.3 Å². The predicted octanol–water partition coefficient (Wildman–Crippen LogP) is 5.21. The highest BCUT2D eigenvalue weighted by Crippen LogP contribution is 2.34. The highest BCUT2D eigenvalue weighted by molar-refractivity contribution is 9.10. The lowest BCUT2D eigenvalue weighted by Gasteiger charge is -2.10. The topological polar surface area (TPSA) is 25.2 Å². The number of hydrogen-bond donors (Lipinski definition) is 1. The zero-order valence-electron chi connectivity index (χ0n) is 12.0. The van der Waals surface area contributed by atoms with Gasteiger partial charge < -0.3 is 9.73 Å². The molecule has 108 valence electrons. The maximum Gasteiger partial charge on any atom is 0.135 e. The number of hydrogen-bond acceptors (Lipinski definition) is 2. The molecule has 1 unspecified atom stereocenters. The van der Waals surface area contributed by atoms with E-state index in [-0.39, 0.29) is 0 Å². The first kappa shape index (κ1) is 15.6. The molecular weight excluding hydrogens is 338 g/mol. The first-order chi connectivity index (χ1) is 9.51. The summed E-state index contributed by atoms with van der Waals surface area (Å²) in [5.41, 5.74) is 2.04. The molecule has 0 fully saturated rings. The van der Waals surface area contributed by atoms with Crippen LogP contribution in [0.15, 0.2) is 33.2 Å². The van der Waals surface area contributed by atoms with E-state index >= 15 is 0 Å². The highest BCUT2D eigenvalue weighted by Gasteiger charge is 2.12. The number of likely N-dealkylation sites (N-methyl/N-ethyl adjacent to an activating group) is 1. The van der Waals surface area contributed by atoms with E-state index in [1.54, 1.807) is 0 Å².